The second-order valence-electron chi connectivity index (χ2n) is 4.14. The minimum atomic E-state index is -0.325. The zero-order valence-corrected chi connectivity index (χ0v) is 9.76. The molecule has 0 radical (unpaired) electrons. The van der Waals surface area contributed by atoms with Crippen LogP contribution in [0.15, 0.2) is 15.9 Å². The van der Waals surface area contributed by atoms with Gasteiger partial charge < -0.3 is 4.57 Å². The monoisotopic (exact) mass is 222 g/mol. The summed E-state index contributed by atoms with van der Waals surface area (Å²) in [6.45, 7) is 3.61. The van der Waals surface area contributed by atoms with Crippen molar-refractivity contribution in [2.45, 2.75) is 19.9 Å². The highest BCUT2D eigenvalue weighted by Crippen LogP contribution is 2.05. The zero-order chi connectivity index (χ0) is 12.0. The Hall–Kier alpha value is -1.85. The van der Waals surface area contributed by atoms with Gasteiger partial charge in [0, 0.05) is 20.1 Å². The molecule has 2 heterocycles. The van der Waals surface area contributed by atoms with Crippen molar-refractivity contribution in [3.63, 3.8) is 0 Å². The molecule has 0 saturated carbocycles. The molecular formula is C10H14N4O2. The third-order valence-corrected chi connectivity index (χ3v) is 2.65. The Balaban J connectivity index is 3.09. The number of fused-ring (bicyclic) bond motifs is 1. The van der Waals surface area contributed by atoms with Crippen LogP contribution in [-0.2, 0) is 14.1 Å². The second-order valence-corrected chi connectivity index (χ2v) is 4.14. The van der Waals surface area contributed by atoms with E-state index in [1.165, 1.54) is 15.5 Å². The summed E-state index contributed by atoms with van der Waals surface area (Å²) in [6.07, 6.45) is 1.54. The SMILES string of the molecule is CC(C)n1c(=O)c2ncn(C)c2n(C)c1=O. The number of hydrogen-bond acceptors (Lipinski definition) is 3. The standard InChI is InChI=1S/C10H14N4O2/c1-6(2)14-9(15)7-8(12(3)5-11-7)13(4)10(14)16/h5-6H,1-4H3. The first-order valence-corrected chi connectivity index (χ1v) is 5.07. The van der Waals surface area contributed by atoms with Gasteiger partial charge in [0.2, 0.25) is 0 Å². The van der Waals surface area contributed by atoms with Crippen LogP contribution in [0.1, 0.15) is 19.9 Å². The highest BCUT2D eigenvalue weighted by Gasteiger charge is 2.15. The lowest BCUT2D eigenvalue weighted by molar-refractivity contribution is 0.529. The molecule has 0 aliphatic carbocycles. The summed E-state index contributed by atoms with van der Waals surface area (Å²) in [5, 5.41) is 0. The largest absolute Gasteiger partial charge is 0.332 e. The van der Waals surface area contributed by atoms with E-state index in [9.17, 15) is 9.59 Å². The maximum Gasteiger partial charge on any atom is 0.332 e. The first-order valence-electron chi connectivity index (χ1n) is 5.07. The summed E-state index contributed by atoms with van der Waals surface area (Å²) in [4.78, 5) is 28.0. The van der Waals surface area contributed by atoms with Crippen molar-refractivity contribution in [2.24, 2.45) is 14.1 Å². The van der Waals surface area contributed by atoms with Crippen LogP contribution >= 0.6 is 0 Å². The molecule has 0 atom stereocenters. The van der Waals surface area contributed by atoms with E-state index in [0.29, 0.717) is 11.2 Å². The lowest BCUT2D eigenvalue weighted by Crippen LogP contribution is -2.40. The fourth-order valence-corrected chi connectivity index (χ4v) is 1.88. The van der Waals surface area contributed by atoms with E-state index >= 15 is 0 Å². The lowest BCUT2D eigenvalue weighted by Gasteiger charge is -2.11. The van der Waals surface area contributed by atoms with Crippen LogP contribution in [-0.4, -0.2) is 18.7 Å². The molecule has 0 amide bonds. The summed E-state index contributed by atoms with van der Waals surface area (Å²) < 4.78 is 4.34. The number of hydrogen-bond donors (Lipinski definition) is 0. The first-order chi connectivity index (χ1) is 7.45. The van der Waals surface area contributed by atoms with Gasteiger partial charge >= 0.3 is 5.69 Å². The van der Waals surface area contributed by atoms with E-state index < -0.39 is 0 Å². The van der Waals surface area contributed by atoms with E-state index in [2.05, 4.69) is 4.98 Å². The van der Waals surface area contributed by atoms with Gasteiger partial charge in [0.05, 0.1) is 6.33 Å². The molecule has 0 spiro atoms. The Bertz CT molecular complexity index is 660. The molecule has 2 rings (SSSR count). The quantitative estimate of drug-likeness (QED) is 0.683. The molecule has 0 aliphatic heterocycles. The van der Waals surface area contributed by atoms with E-state index in [0.717, 1.165) is 0 Å². The molecule has 2 aromatic rings. The molecule has 0 saturated heterocycles. The molecule has 0 aliphatic rings. The number of nitrogens with zero attached hydrogens (tertiary/aromatic N) is 4. The van der Waals surface area contributed by atoms with Crippen LogP contribution in [0.2, 0.25) is 0 Å². The number of aromatic nitrogens is 4. The fourth-order valence-electron chi connectivity index (χ4n) is 1.88. The van der Waals surface area contributed by atoms with Crippen molar-refractivity contribution >= 4 is 11.2 Å². The van der Waals surface area contributed by atoms with Gasteiger partial charge in [-0.05, 0) is 13.8 Å². The number of rotatable bonds is 1. The number of aryl methyl sites for hydroxylation is 2. The predicted octanol–water partition coefficient (Wildman–Crippen LogP) is 0.0146. The van der Waals surface area contributed by atoms with Gasteiger partial charge in [-0.1, -0.05) is 0 Å². The molecule has 6 nitrogen and oxygen atoms in total. The third kappa shape index (κ3) is 1.22. The van der Waals surface area contributed by atoms with Crippen LogP contribution in [0, 0.1) is 0 Å². The van der Waals surface area contributed by atoms with Crippen molar-refractivity contribution in [1.29, 1.82) is 0 Å². The fraction of sp³-hybridized carbons (Fsp3) is 0.500. The average molecular weight is 222 g/mol. The molecule has 0 aromatic carbocycles. The lowest BCUT2D eigenvalue weighted by atomic mass is 10.4. The van der Waals surface area contributed by atoms with Crippen LogP contribution in [0.4, 0.5) is 0 Å². The topological polar surface area (TPSA) is 61.8 Å². The van der Waals surface area contributed by atoms with E-state index in [-0.39, 0.29) is 17.3 Å². The summed E-state index contributed by atoms with van der Waals surface area (Å²) in [5.74, 6) is 0. The molecular weight excluding hydrogens is 208 g/mol. The van der Waals surface area contributed by atoms with Crippen molar-refractivity contribution in [3.8, 4) is 0 Å². The van der Waals surface area contributed by atoms with Crippen LogP contribution in [0.3, 0.4) is 0 Å². The Morgan fingerprint density at radius 2 is 1.88 bits per heavy atom. The summed E-state index contributed by atoms with van der Waals surface area (Å²) in [5.41, 5.74) is 0.245. The molecule has 0 bridgehead atoms. The molecule has 0 N–H and O–H groups in total. The van der Waals surface area contributed by atoms with Crippen molar-refractivity contribution in [2.75, 3.05) is 0 Å². The summed E-state index contributed by atoms with van der Waals surface area (Å²) in [7, 11) is 3.40. The Morgan fingerprint density at radius 1 is 1.25 bits per heavy atom. The smallest absolute Gasteiger partial charge is 0.320 e. The Morgan fingerprint density at radius 3 is 2.44 bits per heavy atom. The molecule has 0 unspecified atom stereocenters. The van der Waals surface area contributed by atoms with Gasteiger partial charge in [-0.15, -0.1) is 0 Å². The van der Waals surface area contributed by atoms with Crippen molar-refractivity contribution in [3.05, 3.63) is 27.2 Å². The Kier molecular flexibility index (Phi) is 2.22. The van der Waals surface area contributed by atoms with E-state index in [4.69, 9.17) is 0 Å². The third-order valence-electron chi connectivity index (χ3n) is 2.65. The highest BCUT2D eigenvalue weighted by atomic mass is 16.2. The van der Waals surface area contributed by atoms with Gasteiger partial charge in [0.1, 0.15) is 5.65 Å². The normalized spacial score (nSPS) is 11.6. The summed E-state index contributed by atoms with van der Waals surface area (Å²) in [6, 6.07) is -0.169. The first kappa shape index (κ1) is 10.7. The van der Waals surface area contributed by atoms with E-state index in [1.807, 2.05) is 0 Å². The second kappa shape index (κ2) is 3.33. The maximum atomic E-state index is 12.0. The average Bonchev–Trinajstić information content (AvgIpc) is 2.57. The van der Waals surface area contributed by atoms with Gasteiger partial charge in [0.25, 0.3) is 5.56 Å². The zero-order valence-electron chi connectivity index (χ0n) is 9.76. The molecule has 86 valence electrons. The molecule has 6 heteroatoms. The number of imidazole rings is 1. The van der Waals surface area contributed by atoms with Gasteiger partial charge in [-0.2, -0.15) is 0 Å². The van der Waals surface area contributed by atoms with Crippen LogP contribution in [0.25, 0.3) is 11.2 Å². The predicted molar refractivity (Wildman–Crippen MR) is 60.6 cm³/mol. The molecule has 0 fully saturated rings. The van der Waals surface area contributed by atoms with Crippen molar-refractivity contribution in [1.82, 2.24) is 18.7 Å². The van der Waals surface area contributed by atoms with Gasteiger partial charge in [-0.25, -0.2) is 9.78 Å². The van der Waals surface area contributed by atoms with Crippen molar-refractivity contribution < 1.29 is 0 Å². The minimum absolute atomic E-state index is 0.169. The van der Waals surface area contributed by atoms with Crippen LogP contribution < -0.4 is 11.2 Å². The van der Waals surface area contributed by atoms with Gasteiger partial charge in [0.15, 0.2) is 5.52 Å². The summed E-state index contributed by atoms with van der Waals surface area (Å²) >= 11 is 0. The highest BCUT2D eigenvalue weighted by molar-refractivity contribution is 5.69. The minimum Gasteiger partial charge on any atom is -0.320 e. The molecule has 16 heavy (non-hydrogen) atoms. The van der Waals surface area contributed by atoms with E-state index in [1.54, 1.807) is 32.5 Å². The van der Waals surface area contributed by atoms with Crippen LogP contribution in [0.5, 0.6) is 0 Å². The van der Waals surface area contributed by atoms with Gasteiger partial charge in [-0.3, -0.25) is 13.9 Å². The maximum absolute atomic E-state index is 12.0. The molecule has 2 aromatic heterocycles. The Labute approximate surface area is 91.8 Å².